The number of carbonyl (C=O) groups is 2. The summed E-state index contributed by atoms with van der Waals surface area (Å²) < 4.78 is 0. The molecule has 1 aromatic carbocycles. The van der Waals surface area contributed by atoms with Gasteiger partial charge in [-0.05, 0) is 24.5 Å². The Morgan fingerprint density at radius 3 is 2.67 bits per heavy atom. The summed E-state index contributed by atoms with van der Waals surface area (Å²) in [6.07, 6.45) is 4.73. The summed E-state index contributed by atoms with van der Waals surface area (Å²) in [5.74, 6) is -1.72. The van der Waals surface area contributed by atoms with E-state index in [1.165, 1.54) is 0 Å². The van der Waals surface area contributed by atoms with Gasteiger partial charge in [-0.2, -0.15) is 0 Å². The number of para-hydroxylation sites is 1. The van der Waals surface area contributed by atoms with E-state index in [1.807, 2.05) is 36.4 Å². The van der Waals surface area contributed by atoms with E-state index in [-0.39, 0.29) is 24.4 Å². The minimum atomic E-state index is -0.860. The number of amides is 1. The van der Waals surface area contributed by atoms with Gasteiger partial charge >= 0.3 is 5.97 Å². The van der Waals surface area contributed by atoms with Gasteiger partial charge in [0, 0.05) is 18.3 Å². The number of hydrogen-bond donors (Lipinski definition) is 2. The summed E-state index contributed by atoms with van der Waals surface area (Å²) in [5.41, 5.74) is 7.55. The number of anilines is 1. The number of nitrogens with zero attached hydrogens (tertiary/aromatic N) is 1. The van der Waals surface area contributed by atoms with Gasteiger partial charge in [0.15, 0.2) is 0 Å². The SMILES string of the molecule is NC1C=CC(C(=O)N2CC(C(=O)O)Cc3ccccc32)C1. The molecule has 0 radical (unpaired) electrons. The maximum absolute atomic E-state index is 12.7. The van der Waals surface area contributed by atoms with Crippen LogP contribution in [-0.4, -0.2) is 29.6 Å². The quantitative estimate of drug-likeness (QED) is 0.800. The van der Waals surface area contributed by atoms with Crippen LogP contribution in [0.25, 0.3) is 0 Å². The standard InChI is InChI=1S/C16H18N2O3/c17-13-6-5-11(8-13)15(19)18-9-12(16(20)21)7-10-3-1-2-4-14(10)18/h1-6,11-13H,7-9,17H2,(H,20,21). The third-order valence-corrected chi connectivity index (χ3v) is 4.20. The highest BCUT2D eigenvalue weighted by Crippen LogP contribution is 2.32. The predicted octanol–water partition coefficient (Wildman–Crippen LogP) is 1.18. The normalized spacial score (nSPS) is 27.5. The molecule has 1 aliphatic carbocycles. The molecule has 0 aromatic heterocycles. The highest BCUT2D eigenvalue weighted by atomic mass is 16.4. The number of fused-ring (bicyclic) bond motifs is 1. The number of nitrogens with two attached hydrogens (primary N) is 1. The molecule has 1 amide bonds. The van der Waals surface area contributed by atoms with Crippen LogP contribution in [0.5, 0.6) is 0 Å². The Kier molecular flexibility index (Phi) is 3.51. The Morgan fingerprint density at radius 1 is 1.24 bits per heavy atom. The topological polar surface area (TPSA) is 83.6 Å². The number of carbonyl (C=O) groups excluding carboxylic acids is 1. The molecule has 110 valence electrons. The second-order valence-corrected chi connectivity index (χ2v) is 5.71. The van der Waals surface area contributed by atoms with E-state index in [4.69, 9.17) is 5.73 Å². The molecule has 3 rings (SSSR count). The van der Waals surface area contributed by atoms with Crippen molar-refractivity contribution >= 4 is 17.6 Å². The van der Waals surface area contributed by atoms with Crippen LogP contribution in [0.4, 0.5) is 5.69 Å². The first kappa shape index (κ1) is 13.8. The summed E-state index contributed by atoms with van der Waals surface area (Å²) in [5, 5.41) is 9.30. The van der Waals surface area contributed by atoms with Crippen molar-refractivity contribution in [1.29, 1.82) is 0 Å². The Balaban J connectivity index is 1.91. The molecule has 5 heteroatoms. The molecule has 1 aromatic rings. The van der Waals surface area contributed by atoms with E-state index >= 15 is 0 Å². The van der Waals surface area contributed by atoms with Crippen LogP contribution in [0, 0.1) is 11.8 Å². The smallest absolute Gasteiger partial charge is 0.308 e. The molecule has 1 heterocycles. The molecule has 0 spiro atoms. The van der Waals surface area contributed by atoms with E-state index in [1.54, 1.807) is 4.90 Å². The Bertz CT molecular complexity index is 611. The lowest BCUT2D eigenvalue weighted by molar-refractivity contribution is -0.141. The molecule has 1 aliphatic heterocycles. The van der Waals surface area contributed by atoms with E-state index in [2.05, 4.69) is 0 Å². The van der Waals surface area contributed by atoms with Gasteiger partial charge in [0.2, 0.25) is 5.91 Å². The fourth-order valence-corrected chi connectivity index (χ4v) is 3.08. The van der Waals surface area contributed by atoms with Gasteiger partial charge in [-0.25, -0.2) is 0 Å². The van der Waals surface area contributed by atoms with Crippen molar-refractivity contribution in [2.45, 2.75) is 18.9 Å². The van der Waals surface area contributed by atoms with Crippen molar-refractivity contribution in [2.24, 2.45) is 17.6 Å². The zero-order chi connectivity index (χ0) is 15.0. The van der Waals surface area contributed by atoms with Crippen molar-refractivity contribution < 1.29 is 14.7 Å². The number of carboxylic acid groups (broad SMARTS) is 1. The molecular weight excluding hydrogens is 268 g/mol. The van der Waals surface area contributed by atoms with Crippen LogP contribution in [0.1, 0.15) is 12.0 Å². The van der Waals surface area contributed by atoms with Crippen molar-refractivity contribution in [3.05, 3.63) is 42.0 Å². The zero-order valence-corrected chi connectivity index (χ0v) is 11.6. The van der Waals surface area contributed by atoms with Crippen LogP contribution in [-0.2, 0) is 16.0 Å². The molecule has 21 heavy (non-hydrogen) atoms. The molecule has 0 fully saturated rings. The van der Waals surface area contributed by atoms with Crippen LogP contribution < -0.4 is 10.6 Å². The average molecular weight is 286 g/mol. The van der Waals surface area contributed by atoms with Gasteiger partial charge in [-0.15, -0.1) is 0 Å². The van der Waals surface area contributed by atoms with Crippen LogP contribution in [0.2, 0.25) is 0 Å². The van der Waals surface area contributed by atoms with E-state index in [0.29, 0.717) is 12.8 Å². The monoisotopic (exact) mass is 286 g/mol. The minimum absolute atomic E-state index is 0.0578. The van der Waals surface area contributed by atoms with Crippen molar-refractivity contribution in [3.63, 3.8) is 0 Å². The maximum Gasteiger partial charge on any atom is 0.308 e. The second-order valence-electron chi connectivity index (χ2n) is 5.71. The van der Waals surface area contributed by atoms with E-state index < -0.39 is 11.9 Å². The summed E-state index contributed by atoms with van der Waals surface area (Å²) in [7, 11) is 0. The first-order valence-corrected chi connectivity index (χ1v) is 7.12. The third-order valence-electron chi connectivity index (χ3n) is 4.20. The van der Waals surface area contributed by atoms with Gasteiger partial charge in [0.05, 0.1) is 11.8 Å². The molecule has 0 bridgehead atoms. The number of carboxylic acids is 1. The molecule has 0 saturated carbocycles. The van der Waals surface area contributed by atoms with Crippen LogP contribution in [0.3, 0.4) is 0 Å². The van der Waals surface area contributed by atoms with Crippen LogP contribution >= 0.6 is 0 Å². The van der Waals surface area contributed by atoms with Crippen molar-refractivity contribution in [3.8, 4) is 0 Å². The van der Waals surface area contributed by atoms with Gasteiger partial charge in [0.25, 0.3) is 0 Å². The van der Waals surface area contributed by atoms with Crippen molar-refractivity contribution in [1.82, 2.24) is 0 Å². The minimum Gasteiger partial charge on any atom is -0.481 e. The lowest BCUT2D eigenvalue weighted by atomic mass is 9.91. The Morgan fingerprint density at radius 2 is 2.00 bits per heavy atom. The molecule has 3 N–H and O–H groups in total. The summed E-state index contributed by atoms with van der Waals surface area (Å²) >= 11 is 0. The Labute approximate surface area is 123 Å². The highest BCUT2D eigenvalue weighted by molar-refractivity contribution is 5.98. The lowest BCUT2D eigenvalue weighted by Gasteiger charge is -2.34. The first-order chi connectivity index (χ1) is 10.1. The number of aliphatic carboxylic acids is 1. The molecule has 2 aliphatic rings. The fourth-order valence-electron chi connectivity index (χ4n) is 3.08. The van der Waals surface area contributed by atoms with E-state index in [9.17, 15) is 14.7 Å². The summed E-state index contributed by atoms with van der Waals surface area (Å²) in [6, 6.07) is 7.42. The largest absolute Gasteiger partial charge is 0.481 e. The Hall–Kier alpha value is -2.14. The fraction of sp³-hybridized carbons (Fsp3) is 0.375. The number of hydrogen-bond acceptors (Lipinski definition) is 3. The van der Waals surface area contributed by atoms with E-state index in [0.717, 1.165) is 11.3 Å². The molecule has 3 atom stereocenters. The number of benzene rings is 1. The predicted molar refractivity (Wildman–Crippen MR) is 78.8 cm³/mol. The zero-order valence-electron chi connectivity index (χ0n) is 11.6. The summed E-state index contributed by atoms with van der Waals surface area (Å²) in [4.78, 5) is 25.7. The molecular formula is C16H18N2O3. The third kappa shape index (κ3) is 2.56. The van der Waals surface area contributed by atoms with Gasteiger partial charge < -0.3 is 15.7 Å². The van der Waals surface area contributed by atoms with Crippen LogP contribution in [0.15, 0.2) is 36.4 Å². The molecule has 5 nitrogen and oxygen atoms in total. The van der Waals surface area contributed by atoms with Gasteiger partial charge in [-0.3, -0.25) is 9.59 Å². The van der Waals surface area contributed by atoms with Crippen molar-refractivity contribution in [2.75, 3.05) is 11.4 Å². The number of rotatable bonds is 2. The van der Waals surface area contributed by atoms with Gasteiger partial charge in [-0.1, -0.05) is 30.4 Å². The average Bonchev–Trinajstić information content (AvgIpc) is 2.92. The first-order valence-electron chi connectivity index (χ1n) is 7.12. The highest BCUT2D eigenvalue weighted by Gasteiger charge is 2.35. The molecule has 0 saturated heterocycles. The second kappa shape index (κ2) is 5.33. The maximum atomic E-state index is 12.7. The van der Waals surface area contributed by atoms with Gasteiger partial charge in [0.1, 0.15) is 0 Å². The summed E-state index contributed by atoms with van der Waals surface area (Å²) in [6.45, 7) is 0.227. The molecule has 3 unspecified atom stereocenters. The lowest BCUT2D eigenvalue weighted by Crippen LogP contribution is -2.45.